The molecule has 1 rings (SSSR count). The minimum Gasteiger partial charge on any atom is -0.537 e. The zero-order valence-corrected chi connectivity index (χ0v) is 7.71. The highest BCUT2D eigenvalue weighted by Crippen LogP contribution is 2.38. The molecule has 0 aliphatic rings. The summed E-state index contributed by atoms with van der Waals surface area (Å²) in [5, 5.41) is 8.28. The molecule has 0 aliphatic heterocycles. The van der Waals surface area contributed by atoms with Crippen molar-refractivity contribution in [1.82, 2.24) is 0 Å². The molecular weight excluding hydrogens is 212 g/mol. The predicted molar refractivity (Wildman–Crippen MR) is 46.6 cm³/mol. The number of halogens is 3. The monoisotopic (exact) mass is 219 g/mol. The lowest BCUT2D eigenvalue weighted by Crippen LogP contribution is -2.08. The molecule has 1 aromatic carbocycles. The van der Waals surface area contributed by atoms with Crippen LogP contribution in [0.5, 0.6) is 11.5 Å². The summed E-state index contributed by atoms with van der Waals surface area (Å²) in [6, 6.07) is 3.11. The van der Waals surface area contributed by atoms with Gasteiger partial charge in [0.15, 0.2) is 0 Å². The molecule has 81 valence electrons. The second-order valence-corrected chi connectivity index (χ2v) is 2.58. The van der Waals surface area contributed by atoms with Crippen molar-refractivity contribution in [2.24, 2.45) is 0 Å². The van der Waals surface area contributed by atoms with E-state index in [-0.39, 0.29) is 11.5 Å². The SMILES string of the molecule is COc1ccc(O[B]O)cc1C(F)(F)F. The van der Waals surface area contributed by atoms with Crippen LogP contribution in [0.25, 0.3) is 0 Å². The lowest BCUT2D eigenvalue weighted by Gasteiger charge is -2.13. The highest BCUT2D eigenvalue weighted by molar-refractivity contribution is 6.17. The standard InChI is InChI=1S/C8H7BF3O3/c1-14-7-3-2-5(15-9-13)4-6(7)8(10,11)12/h2-4,13H,1H3. The maximum Gasteiger partial charge on any atom is 0.569 e. The van der Waals surface area contributed by atoms with E-state index in [0.717, 1.165) is 19.2 Å². The van der Waals surface area contributed by atoms with Gasteiger partial charge in [0.25, 0.3) is 0 Å². The van der Waals surface area contributed by atoms with Gasteiger partial charge in [0.05, 0.1) is 7.11 Å². The maximum absolute atomic E-state index is 12.4. The fraction of sp³-hybridized carbons (Fsp3) is 0.250. The summed E-state index contributed by atoms with van der Waals surface area (Å²) in [5.74, 6) is -0.418. The third-order valence-electron chi connectivity index (χ3n) is 1.67. The zero-order chi connectivity index (χ0) is 11.5. The topological polar surface area (TPSA) is 38.7 Å². The minimum absolute atomic E-state index is 0.120. The number of methoxy groups -OCH3 is 1. The maximum atomic E-state index is 12.4. The molecule has 15 heavy (non-hydrogen) atoms. The predicted octanol–water partition coefficient (Wildman–Crippen LogP) is 1.62. The van der Waals surface area contributed by atoms with Crippen molar-refractivity contribution in [2.75, 3.05) is 7.11 Å². The molecule has 0 unspecified atom stereocenters. The molecule has 0 amide bonds. The van der Waals surface area contributed by atoms with Crippen LogP contribution in [0.3, 0.4) is 0 Å². The van der Waals surface area contributed by atoms with Crippen LogP contribution in [0.4, 0.5) is 13.2 Å². The van der Waals surface area contributed by atoms with Gasteiger partial charge in [0, 0.05) is 0 Å². The molecule has 7 heteroatoms. The van der Waals surface area contributed by atoms with E-state index < -0.39 is 11.7 Å². The lowest BCUT2D eigenvalue weighted by atomic mass is 10.1. The molecule has 1 N–H and O–H groups in total. The van der Waals surface area contributed by atoms with Crippen LogP contribution in [0.2, 0.25) is 0 Å². The van der Waals surface area contributed by atoms with E-state index in [4.69, 9.17) is 5.02 Å². The van der Waals surface area contributed by atoms with Crippen LogP contribution < -0.4 is 9.39 Å². The molecule has 1 radical (unpaired) electrons. The third kappa shape index (κ3) is 2.79. The van der Waals surface area contributed by atoms with Crippen molar-refractivity contribution < 1.29 is 27.6 Å². The summed E-state index contributed by atoms with van der Waals surface area (Å²) in [7, 11) is 1.45. The molecule has 0 saturated heterocycles. The molecule has 0 spiro atoms. The van der Waals surface area contributed by atoms with Gasteiger partial charge in [-0.15, -0.1) is 0 Å². The highest BCUT2D eigenvalue weighted by Gasteiger charge is 2.34. The van der Waals surface area contributed by atoms with Gasteiger partial charge in [-0.2, -0.15) is 13.2 Å². The number of ether oxygens (including phenoxy) is 1. The van der Waals surface area contributed by atoms with Gasteiger partial charge >= 0.3 is 13.9 Å². The van der Waals surface area contributed by atoms with Crippen LogP contribution in [0.15, 0.2) is 18.2 Å². The van der Waals surface area contributed by atoms with Crippen molar-refractivity contribution >= 4 is 7.69 Å². The third-order valence-corrected chi connectivity index (χ3v) is 1.67. The van der Waals surface area contributed by atoms with Gasteiger partial charge in [-0.05, 0) is 18.2 Å². The van der Waals surface area contributed by atoms with Gasteiger partial charge in [-0.25, -0.2) is 0 Å². The molecule has 0 aliphatic carbocycles. The molecule has 0 atom stereocenters. The number of hydrogen-bond donors (Lipinski definition) is 1. The summed E-state index contributed by atoms with van der Waals surface area (Å²) in [5.41, 5.74) is -0.954. The molecule has 3 nitrogen and oxygen atoms in total. The summed E-state index contributed by atoms with van der Waals surface area (Å²) >= 11 is 0. The molecule has 0 saturated carbocycles. The van der Waals surface area contributed by atoms with Crippen LogP contribution in [0.1, 0.15) is 5.56 Å². The summed E-state index contributed by atoms with van der Waals surface area (Å²) in [4.78, 5) is 0. The Labute approximate surface area is 84.7 Å². The van der Waals surface area contributed by atoms with E-state index in [1.54, 1.807) is 0 Å². The second-order valence-electron chi connectivity index (χ2n) is 2.58. The fourth-order valence-electron chi connectivity index (χ4n) is 1.04. The number of hydrogen-bond acceptors (Lipinski definition) is 3. The molecular formula is C8H7BF3O3. The fourth-order valence-corrected chi connectivity index (χ4v) is 1.04. The Morgan fingerprint density at radius 1 is 1.33 bits per heavy atom. The Bertz CT molecular complexity index is 340. The normalized spacial score (nSPS) is 11.0. The first-order valence-corrected chi connectivity index (χ1v) is 3.87. The van der Waals surface area contributed by atoms with Crippen LogP contribution in [0, 0.1) is 0 Å². The van der Waals surface area contributed by atoms with E-state index in [0.29, 0.717) is 7.69 Å². The Morgan fingerprint density at radius 2 is 2.00 bits per heavy atom. The quantitative estimate of drug-likeness (QED) is 0.785. The molecule has 0 fully saturated rings. The number of benzene rings is 1. The first-order valence-electron chi connectivity index (χ1n) is 3.87. The van der Waals surface area contributed by atoms with E-state index in [1.165, 1.54) is 6.07 Å². The van der Waals surface area contributed by atoms with E-state index in [2.05, 4.69) is 9.39 Å². The van der Waals surface area contributed by atoms with Gasteiger partial charge in [0.1, 0.15) is 17.1 Å². The van der Waals surface area contributed by atoms with Crippen molar-refractivity contribution in [2.45, 2.75) is 6.18 Å². The van der Waals surface area contributed by atoms with Gasteiger partial charge in [0.2, 0.25) is 0 Å². The largest absolute Gasteiger partial charge is 0.569 e. The Balaban J connectivity index is 3.13. The first kappa shape index (κ1) is 11.7. The van der Waals surface area contributed by atoms with Crippen LogP contribution >= 0.6 is 0 Å². The highest BCUT2D eigenvalue weighted by atomic mass is 19.4. The Morgan fingerprint density at radius 3 is 2.47 bits per heavy atom. The van der Waals surface area contributed by atoms with Gasteiger partial charge in [-0.1, -0.05) is 0 Å². The van der Waals surface area contributed by atoms with Gasteiger partial charge < -0.3 is 14.4 Å². The molecule has 0 bridgehead atoms. The summed E-state index contributed by atoms with van der Waals surface area (Å²) < 4.78 is 46.3. The van der Waals surface area contributed by atoms with E-state index in [9.17, 15) is 13.2 Å². The average molecular weight is 219 g/mol. The van der Waals surface area contributed by atoms with Crippen molar-refractivity contribution in [3.05, 3.63) is 23.8 Å². The van der Waals surface area contributed by atoms with E-state index in [1.807, 2.05) is 0 Å². The molecule has 0 aromatic heterocycles. The summed E-state index contributed by atoms with van der Waals surface area (Å²) in [6.07, 6.45) is -4.53. The zero-order valence-electron chi connectivity index (χ0n) is 7.71. The number of rotatable bonds is 3. The minimum atomic E-state index is -4.53. The number of alkyl halides is 3. The van der Waals surface area contributed by atoms with Crippen molar-refractivity contribution in [3.63, 3.8) is 0 Å². The van der Waals surface area contributed by atoms with Crippen LogP contribution in [-0.2, 0) is 6.18 Å². The van der Waals surface area contributed by atoms with E-state index >= 15 is 0 Å². The lowest BCUT2D eigenvalue weighted by molar-refractivity contribution is -0.138. The van der Waals surface area contributed by atoms with Crippen molar-refractivity contribution in [3.8, 4) is 11.5 Å². The Kier molecular flexibility index (Phi) is 3.46. The smallest absolute Gasteiger partial charge is 0.537 e. The van der Waals surface area contributed by atoms with Crippen LogP contribution in [-0.4, -0.2) is 19.8 Å². The average Bonchev–Trinajstić information content (AvgIpc) is 2.17. The van der Waals surface area contributed by atoms with Crippen molar-refractivity contribution in [1.29, 1.82) is 0 Å². The first-order chi connectivity index (χ1) is 6.99. The molecule has 1 aromatic rings. The van der Waals surface area contributed by atoms with Gasteiger partial charge in [-0.3, -0.25) is 0 Å². The Hall–Kier alpha value is -1.37. The summed E-state index contributed by atoms with van der Waals surface area (Å²) in [6.45, 7) is 0. The second kappa shape index (κ2) is 4.44. The molecule has 0 heterocycles.